The van der Waals surface area contributed by atoms with Crippen LogP contribution in [0.25, 0.3) is 65.8 Å². The van der Waals surface area contributed by atoms with E-state index in [1.54, 1.807) is 0 Å². The fraction of sp³-hybridized carbons (Fsp3) is 0. The highest BCUT2D eigenvalue weighted by Gasteiger charge is 2.25. The van der Waals surface area contributed by atoms with E-state index in [9.17, 15) is 0 Å². The summed E-state index contributed by atoms with van der Waals surface area (Å²) in [6.07, 6.45) is 0. The van der Waals surface area contributed by atoms with E-state index in [0.717, 1.165) is 44.1 Å². The Bertz CT molecular complexity index is 1580. The summed E-state index contributed by atoms with van der Waals surface area (Å²) in [6, 6.07) is 25.2. The lowest BCUT2D eigenvalue weighted by Crippen LogP contribution is -1.95. The van der Waals surface area contributed by atoms with Crippen LogP contribution in [0.4, 0.5) is 0 Å². The Morgan fingerprint density at radius 1 is 0.462 bits per heavy atom. The van der Waals surface area contributed by atoms with Gasteiger partial charge in [0.25, 0.3) is 0 Å². The molecule has 2 aliphatic rings. The van der Waals surface area contributed by atoms with Crippen LogP contribution in [-0.2, 0) is 0 Å². The monoisotopic (exact) mass is 332 g/mol. The van der Waals surface area contributed by atoms with Gasteiger partial charge in [0, 0.05) is 27.3 Å². The molecule has 0 N–H and O–H groups in total. The lowest BCUT2D eigenvalue weighted by Gasteiger charge is -2.21. The standard InChI is InChI=1S/C24H12O2/c1-2-7-16-14(6-1)15-8-4-10-18-21(15)23-22-19(25-18)12-11-13-5-3-9-17(20(13)22)26-24(16)23/h1-12H. The molecule has 0 saturated carbocycles. The molecule has 26 heavy (non-hydrogen) atoms. The molecule has 0 fully saturated rings. The molecular weight excluding hydrogens is 320 g/mol. The summed E-state index contributed by atoms with van der Waals surface area (Å²) in [5, 5.41) is 7.02. The van der Waals surface area contributed by atoms with E-state index in [4.69, 9.17) is 8.83 Å². The van der Waals surface area contributed by atoms with E-state index in [2.05, 4.69) is 54.6 Å². The fourth-order valence-corrected chi connectivity index (χ4v) is 4.58. The van der Waals surface area contributed by atoms with Gasteiger partial charge in [-0.15, -0.1) is 0 Å². The van der Waals surface area contributed by atoms with Crippen molar-refractivity contribution in [1.82, 2.24) is 0 Å². The first-order valence-corrected chi connectivity index (χ1v) is 8.79. The molecule has 0 aromatic heterocycles. The Kier molecular flexibility index (Phi) is 2.05. The van der Waals surface area contributed by atoms with E-state index in [1.165, 1.54) is 21.7 Å². The molecule has 0 aliphatic carbocycles. The average Bonchev–Trinajstić information content (AvgIpc) is 2.70. The number of benzene rings is 5. The smallest absolute Gasteiger partial charge is 0.144 e. The van der Waals surface area contributed by atoms with Gasteiger partial charge in [0.15, 0.2) is 0 Å². The Balaban J connectivity index is 1.99. The summed E-state index contributed by atoms with van der Waals surface area (Å²) in [7, 11) is 0. The number of hydrogen-bond acceptors (Lipinski definition) is 2. The van der Waals surface area contributed by atoms with Gasteiger partial charge in [-0.2, -0.15) is 0 Å². The molecule has 0 bridgehead atoms. The minimum atomic E-state index is 0.902. The Morgan fingerprint density at radius 3 is 2.15 bits per heavy atom. The quantitative estimate of drug-likeness (QED) is 0.217. The van der Waals surface area contributed by atoms with Gasteiger partial charge in [-0.1, -0.05) is 54.6 Å². The Hall–Kier alpha value is -3.52. The van der Waals surface area contributed by atoms with Crippen LogP contribution in [0.1, 0.15) is 0 Å². The third-order valence-electron chi connectivity index (χ3n) is 5.62. The van der Waals surface area contributed by atoms with Gasteiger partial charge in [0.1, 0.15) is 22.3 Å². The summed E-state index contributed by atoms with van der Waals surface area (Å²) in [5.74, 6) is 0. The van der Waals surface area contributed by atoms with Gasteiger partial charge in [-0.05, 0) is 34.4 Å². The van der Waals surface area contributed by atoms with Crippen LogP contribution in [0.5, 0.6) is 0 Å². The van der Waals surface area contributed by atoms with Gasteiger partial charge in [-0.3, -0.25) is 0 Å². The molecule has 2 aliphatic heterocycles. The van der Waals surface area contributed by atoms with Crippen LogP contribution in [0, 0.1) is 0 Å². The van der Waals surface area contributed by atoms with E-state index in [0.29, 0.717) is 0 Å². The summed E-state index contributed by atoms with van der Waals surface area (Å²) in [6.45, 7) is 0. The normalized spacial score (nSPS) is 12.6. The van der Waals surface area contributed by atoms with Crippen molar-refractivity contribution >= 4 is 54.6 Å². The molecule has 5 aromatic carbocycles. The number of rotatable bonds is 0. The number of fused-ring (bicyclic) bond motifs is 3. The minimum Gasteiger partial charge on any atom is -0.456 e. The maximum Gasteiger partial charge on any atom is 0.144 e. The van der Waals surface area contributed by atoms with E-state index >= 15 is 0 Å². The predicted octanol–water partition coefficient (Wildman–Crippen LogP) is 7.18. The van der Waals surface area contributed by atoms with E-state index in [-0.39, 0.29) is 0 Å². The van der Waals surface area contributed by atoms with Crippen LogP contribution < -0.4 is 0 Å². The zero-order chi connectivity index (χ0) is 16.8. The Morgan fingerprint density at radius 2 is 1.23 bits per heavy atom. The van der Waals surface area contributed by atoms with Gasteiger partial charge < -0.3 is 8.83 Å². The maximum absolute atomic E-state index is 6.50. The molecule has 5 aromatic rings. The minimum absolute atomic E-state index is 0.902. The summed E-state index contributed by atoms with van der Waals surface area (Å²) >= 11 is 0. The van der Waals surface area contributed by atoms with Crippen LogP contribution in [0.15, 0.2) is 81.6 Å². The summed E-state index contributed by atoms with van der Waals surface area (Å²) in [4.78, 5) is 0. The lowest BCUT2D eigenvalue weighted by molar-refractivity contribution is 0.648. The topological polar surface area (TPSA) is 26.3 Å². The van der Waals surface area contributed by atoms with E-state index in [1.807, 2.05) is 18.2 Å². The zero-order valence-electron chi connectivity index (χ0n) is 13.7. The third kappa shape index (κ3) is 1.33. The van der Waals surface area contributed by atoms with Crippen LogP contribution in [0.2, 0.25) is 0 Å². The van der Waals surface area contributed by atoms with E-state index < -0.39 is 0 Å². The first-order chi connectivity index (χ1) is 12.9. The van der Waals surface area contributed by atoms with Crippen molar-refractivity contribution in [2.45, 2.75) is 0 Å². The van der Waals surface area contributed by atoms with Crippen molar-refractivity contribution in [1.29, 1.82) is 0 Å². The van der Waals surface area contributed by atoms with Crippen molar-refractivity contribution in [3.05, 3.63) is 72.8 Å². The highest BCUT2D eigenvalue weighted by Crippen LogP contribution is 2.50. The van der Waals surface area contributed by atoms with Gasteiger partial charge >= 0.3 is 0 Å². The Labute approximate surface area is 147 Å². The van der Waals surface area contributed by atoms with Gasteiger partial charge in [-0.25, -0.2) is 0 Å². The lowest BCUT2D eigenvalue weighted by atomic mass is 9.87. The highest BCUT2D eigenvalue weighted by molar-refractivity contribution is 6.31. The predicted molar refractivity (Wildman–Crippen MR) is 106 cm³/mol. The largest absolute Gasteiger partial charge is 0.456 e. The third-order valence-corrected chi connectivity index (χ3v) is 5.62. The second-order valence-corrected chi connectivity index (χ2v) is 6.93. The first kappa shape index (κ1) is 12.8. The van der Waals surface area contributed by atoms with Crippen molar-refractivity contribution in [2.75, 3.05) is 0 Å². The first-order valence-electron chi connectivity index (χ1n) is 8.79. The average molecular weight is 332 g/mol. The summed E-state index contributed by atoms with van der Waals surface area (Å²) < 4.78 is 12.8. The molecule has 0 spiro atoms. The van der Waals surface area contributed by atoms with Crippen molar-refractivity contribution in [3.63, 3.8) is 0 Å². The second-order valence-electron chi connectivity index (χ2n) is 6.93. The molecule has 2 heterocycles. The SMILES string of the molecule is c1cc2ccc3oc4cccc5c6ccccc6c6oc(c1)c2c3-c6c45. The van der Waals surface area contributed by atoms with Crippen LogP contribution in [0.3, 0.4) is 0 Å². The van der Waals surface area contributed by atoms with Gasteiger partial charge in [0.05, 0.1) is 0 Å². The molecule has 0 saturated heterocycles. The molecule has 0 unspecified atom stereocenters. The molecule has 0 atom stereocenters. The van der Waals surface area contributed by atoms with Crippen molar-refractivity contribution in [2.24, 2.45) is 0 Å². The second kappa shape index (κ2) is 4.17. The molecular formula is C24H12O2. The molecule has 2 nitrogen and oxygen atoms in total. The fourth-order valence-electron chi connectivity index (χ4n) is 4.58. The highest BCUT2D eigenvalue weighted by atomic mass is 16.3. The molecule has 7 rings (SSSR count). The molecule has 0 amide bonds. The van der Waals surface area contributed by atoms with Crippen LogP contribution in [-0.4, -0.2) is 0 Å². The maximum atomic E-state index is 6.50. The summed E-state index contributed by atoms with van der Waals surface area (Å²) in [5.41, 5.74) is 5.98. The van der Waals surface area contributed by atoms with Gasteiger partial charge in [0.2, 0.25) is 0 Å². The zero-order valence-corrected chi connectivity index (χ0v) is 13.7. The van der Waals surface area contributed by atoms with Crippen molar-refractivity contribution < 1.29 is 8.83 Å². The molecule has 0 radical (unpaired) electrons. The number of hydrogen-bond donors (Lipinski definition) is 0. The van der Waals surface area contributed by atoms with Crippen molar-refractivity contribution in [3.8, 4) is 11.1 Å². The molecule has 120 valence electrons. The van der Waals surface area contributed by atoms with Crippen LogP contribution >= 0.6 is 0 Å². The molecule has 2 heteroatoms.